The Morgan fingerprint density at radius 3 is 2.44 bits per heavy atom. The zero-order valence-electron chi connectivity index (χ0n) is 11.5. The molecule has 0 aliphatic rings. The SMILES string of the molecule is CC(=O)c1cc(Br)ccc1N(C)CCCN(C)C. The second-order valence-corrected chi connectivity index (χ2v) is 5.71. The first-order chi connectivity index (χ1) is 8.41. The lowest BCUT2D eigenvalue weighted by Gasteiger charge is -2.22. The summed E-state index contributed by atoms with van der Waals surface area (Å²) >= 11 is 3.41. The molecule has 100 valence electrons. The molecule has 0 aliphatic carbocycles. The van der Waals surface area contributed by atoms with Crippen LogP contribution in [0, 0.1) is 0 Å². The normalized spacial score (nSPS) is 10.8. The first-order valence-corrected chi connectivity index (χ1v) is 6.87. The van der Waals surface area contributed by atoms with Crippen LogP contribution in [0.2, 0.25) is 0 Å². The maximum atomic E-state index is 11.6. The molecule has 4 heteroatoms. The number of nitrogens with zero attached hydrogens (tertiary/aromatic N) is 2. The first-order valence-electron chi connectivity index (χ1n) is 6.08. The van der Waals surface area contributed by atoms with Gasteiger partial charge in [-0.2, -0.15) is 0 Å². The number of hydrogen-bond acceptors (Lipinski definition) is 3. The Bertz CT molecular complexity index is 418. The van der Waals surface area contributed by atoms with Gasteiger partial charge in [0.1, 0.15) is 0 Å². The van der Waals surface area contributed by atoms with Crippen molar-refractivity contribution < 1.29 is 4.79 Å². The second-order valence-electron chi connectivity index (χ2n) is 4.80. The average molecular weight is 313 g/mol. The summed E-state index contributed by atoms with van der Waals surface area (Å²) in [6.45, 7) is 3.61. The number of halogens is 1. The van der Waals surface area contributed by atoms with Gasteiger partial charge < -0.3 is 9.80 Å². The predicted molar refractivity (Wildman–Crippen MR) is 80.6 cm³/mol. The van der Waals surface area contributed by atoms with Gasteiger partial charge in [-0.1, -0.05) is 15.9 Å². The van der Waals surface area contributed by atoms with E-state index in [-0.39, 0.29) is 5.78 Å². The lowest BCUT2D eigenvalue weighted by atomic mass is 10.1. The second kappa shape index (κ2) is 6.90. The van der Waals surface area contributed by atoms with E-state index in [2.05, 4.69) is 39.8 Å². The van der Waals surface area contributed by atoms with Gasteiger partial charge in [-0.25, -0.2) is 0 Å². The standard InChI is InChI=1S/C14H21BrN2O/c1-11(18)13-10-12(15)6-7-14(13)17(4)9-5-8-16(2)3/h6-7,10H,5,8-9H2,1-4H3. The number of anilines is 1. The zero-order valence-corrected chi connectivity index (χ0v) is 13.1. The summed E-state index contributed by atoms with van der Waals surface area (Å²) in [5, 5.41) is 0. The Balaban J connectivity index is 2.78. The van der Waals surface area contributed by atoms with E-state index in [9.17, 15) is 4.79 Å². The maximum Gasteiger partial charge on any atom is 0.161 e. The van der Waals surface area contributed by atoms with E-state index in [1.54, 1.807) is 6.92 Å². The Morgan fingerprint density at radius 2 is 1.89 bits per heavy atom. The lowest BCUT2D eigenvalue weighted by Crippen LogP contribution is -2.24. The summed E-state index contributed by atoms with van der Waals surface area (Å²) < 4.78 is 0.943. The molecule has 0 atom stereocenters. The summed E-state index contributed by atoms with van der Waals surface area (Å²) in [7, 11) is 6.17. The highest BCUT2D eigenvalue weighted by atomic mass is 79.9. The molecule has 0 fully saturated rings. The van der Waals surface area contributed by atoms with Crippen molar-refractivity contribution in [2.75, 3.05) is 39.1 Å². The zero-order chi connectivity index (χ0) is 13.7. The molecule has 18 heavy (non-hydrogen) atoms. The van der Waals surface area contributed by atoms with Crippen molar-refractivity contribution in [1.82, 2.24) is 4.90 Å². The third-order valence-electron chi connectivity index (χ3n) is 2.85. The molecule has 0 unspecified atom stereocenters. The lowest BCUT2D eigenvalue weighted by molar-refractivity contribution is 0.101. The predicted octanol–water partition coefficient (Wildman–Crippen LogP) is 3.04. The van der Waals surface area contributed by atoms with Crippen molar-refractivity contribution in [3.8, 4) is 0 Å². The van der Waals surface area contributed by atoms with Crippen molar-refractivity contribution >= 4 is 27.4 Å². The summed E-state index contributed by atoms with van der Waals surface area (Å²) in [6, 6.07) is 5.86. The number of hydrogen-bond donors (Lipinski definition) is 0. The Hall–Kier alpha value is -0.870. The fraction of sp³-hybridized carbons (Fsp3) is 0.500. The molecule has 0 spiro atoms. The van der Waals surface area contributed by atoms with Crippen molar-refractivity contribution in [3.63, 3.8) is 0 Å². The van der Waals surface area contributed by atoms with E-state index in [4.69, 9.17) is 0 Å². The van der Waals surface area contributed by atoms with Crippen molar-refractivity contribution in [1.29, 1.82) is 0 Å². The average Bonchev–Trinajstić information content (AvgIpc) is 2.28. The topological polar surface area (TPSA) is 23.6 Å². The van der Waals surface area contributed by atoms with Crippen LogP contribution in [-0.2, 0) is 0 Å². The van der Waals surface area contributed by atoms with Gasteiger partial charge in [0.2, 0.25) is 0 Å². The quantitative estimate of drug-likeness (QED) is 0.754. The molecule has 1 aromatic carbocycles. The molecule has 0 saturated heterocycles. The number of benzene rings is 1. The molecule has 0 aliphatic heterocycles. The van der Waals surface area contributed by atoms with Gasteiger partial charge in [0, 0.05) is 29.3 Å². The van der Waals surface area contributed by atoms with Gasteiger partial charge >= 0.3 is 0 Å². The molecule has 0 heterocycles. The Labute approximate surface area is 118 Å². The largest absolute Gasteiger partial charge is 0.374 e. The molecule has 1 rings (SSSR count). The van der Waals surface area contributed by atoms with Gasteiger partial charge in [-0.15, -0.1) is 0 Å². The molecule has 0 N–H and O–H groups in total. The highest BCUT2D eigenvalue weighted by Crippen LogP contribution is 2.24. The molecule has 3 nitrogen and oxygen atoms in total. The fourth-order valence-corrected chi connectivity index (χ4v) is 2.23. The Morgan fingerprint density at radius 1 is 1.22 bits per heavy atom. The van der Waals surface area contributed by atoms with E-state index < -0.39 is 0 Å². The highest BCUT2D eigenvalue weighted by molar-refractivity contribution is 9.10. The van der Waals surface area contributed by atoms with Crippen LogP contribution in [0.25, 0.3) is 0 Å². The van der Waals surface area contributed by atoms with Crippen LogP contribution in [-0.4, -0.2) is 44.9 Å². The highest BCUT2D eigenvalue weighted by Gasteiger charge is 2.11. The van der Waals surface area contributed by atoms with Gasteiger partial charge in [0.15, 0.2) is 5.78 Å². The van der Waals surface area contributed by atoms with E-state index in [1.807, 2.05) is 25.2 Å². The minimum Gasteiger partial charge on any atom is -0.374 e. The van der Waals surface area contributed by atoms with Crippen molar-refractivity contribution in [2.45, 2.75) is 13.3 Å². The van der Waals surface area contributed by atoms with Crippen LogP contribution in [0.15, 0.2) is 22.7 Å². The van der Waals surface area contributed by atoms with Crippen LogP contribution in [0.1, 0.15) is 23.7 Å². The van der Waals surface area contributed by atoms with E-state index >= 15 is 0 Å². The molecule has 0 saturated carbocycles. The van der Waals surface area contributed by atoms with Gasteiger partial charge in [-0.3, -0.25) is 4.79 Å². The number of Topliss-reactive ketones (excluding diaryl/α,β-unsaturated/α-hetero) is 1. The van der Waals surface area contributed by atoms with Crippen LogP contribution in [0.4, 0.5) is 5.69 Å². The van der Waals surface area contributed by atoms with E-state index in [0.717, 1.165) is 35.2 Å². The van der Waals surface area contributed by atoms with Crippen molar-refractivity contribution in [2.24, 2.45) is 0 Å². The monoisotopic (exact) mass is 312 g/mol. The number of carbonyl (C=O) groups excluding carboxylic acids is 1. The third kappa shape index (κ3) is 4.42. The van der Waals surface area contributed by atoms with Crippen LogP contribution >= 0.6 is 15.9 Å². The van der Waals surface area contributed by atoms with Gasteiger partial charge in [-0.05, 0) is 52.2 Å². The molecule has 0 bridgehead atoms. The minimum absolute atomic E-state index is 0.103. The smallest absolute Gasteiger partial charge is 0.161 e. The van der Waals surface area contributed by atoms with Crippen molar-refractivity contribution in [3.05, 3.63) is 28.2 Å². The summed E-state index contributed by atoms with van der Waals surface area (Å²) in [4.78, 5) is 16.0. The summed E-state index contributed by atoms with van der Waals surface area (Å²) in [6.07, 6.45) is 1.08. The van der Waals surface area contributed by atoms with E-state index in [0.29, 0.717) is 0 Å². The first kappa shape index (κ1) is 15.2. The Kier molecular flexibility index (Phi) is 5.82. The number of carbonyl (C=O) groups is 1. The third-order valence-corrected chi connectivity index (χ3v) is 3.34. The molecule has 1 aromatic rings. The molecular formula is C14H21BrN2O. The van der Waals surface area contributed by atoms with Crippen LogP contribution < -0.4 is 4.90 Å². The molecule has 0 radical (unpaired) electrons. The molecule has 0 amide bonds. The van der Waals surface area contributed by atoms with Gasteiger partial charge in [0.25, 0.3) is 0 Å². The van der Waals surface area contributed by atoms with Crippen LogP contribution in [0.3, 0.4) is 0 Å². The minimum atomic E-state index is 0.103. The maximum absolute atomic E-state index is 11.6. The van der Waals surface area contributed by atoms with E-state index in [1.165, 1.54) is 0 Å². The summed E-state index contributed by atoms with van der Waals surface area (Å²) in [5.41, 5.74) is 1.78. The molecular weight excluding hydrogens is 292 g/mol. The van der Waals surface area contributed by atoms with Crippen LogP contribution in [0.5, 0.6) is 0 Å². The number of rotatable bonds is 6. The molecule has 0 aromatic heterocycles. The fourth-order valence-electron chi connectivity index (χ4n) is 1.87. The number of ketones is 1. The summed E-state index contributed by atoms with van der Waals surface area (Å²) in [5.74, 6) is 0.103. The van der Waals surface area contributed by atoms with Gasteiger partial charge in [0.05, 0.1) is 0 Å².